The van der Waals surface area contributed by atoms with Gasteiger partial charge in [0, 0.05) is 6.20 Å². The van der Waals surface area contributed by atoms with Crippen molar-refractivity contribution in [2.24, 2.45) is 0 Å². The first-order valence-electron chi connectivity index (χ1n) is 6.78. The average molecular weight is 344 g/mol. The number of ether oxygens (including phenoxy) is 1. The average Bonchev–Trinajstić information content (AvgIpc) is 2.90. The monoisotopic (exact) mass is 344 g/mol. The molecule has 1 aromatic heterocycles. The van der Waals surface area contributed by atoms with Crippen LogP contribution in [0.4, 0.5) is 18.0 Å². The molecule has 1 N–H and O–H groups in total. The minimum absolute atomic E-state index is 0.155. The number of amides is 1. The molecule has 1 aromatic carbocycles. The Hall–Kier alpha value is -2.09. The molecule has 2 atom stereocenters. The third kappa shape index (κ3) is 4.69. The molecule has 1 heterocycles. The minimum Gasteiger partial charge on any atom is -0.431 e. The smallest absolute Gasteiger partial charge is 0.430 e. The lowest BCUT2D eigenvalue weighted by Crippen LogP contribution is -2.33. The Morgan fingerprint density at radius 2 is 1.96 bits per heavy atom. The minimum atomic E-state index is -4.70. The topological polar surface area (TPSA) is 51.2 Å². The molecular formula is C15H15F3N2O2S. The molecule has 0 fully saturated rings. The van der Waals surface area contributed by atoms with Crippen LogP contribution in [0.3, 0.4) is 0 Å². The lowest BCUT2D eigenvalue weighted by atomic mass is 10.1. The zero-order chi connectivity index (χ0) is 17.0. The predicted molar refractivity (Wildman–Crippen MR) is 80.1 cm³/mol. The fourth-order valence-electron chi connectivity index (χ4n) is 1.93. The molecule has 0 saturated carbocycles. The second kappa shape index (κ2) is 6.99. The van der Waals surface area contributed by atoms with Crippen LogP contribution in [-0.2, 0) is 4.74 Å². The Kier molecular flexibility index (Phi) is 5.25. The van der Waals surface area contributed by atoms with Crippen LogP contribution >= 0.6 is 11.3 Å². The van der Waals surface area contributed by atoms with Gasteiger partial charge < -0.3 is 10.1 Å². The molecule has 1 amide bonds. The number of aromatic nitrogens is 1. The number of thiazole rings is 1. The van der Waals surface area contributed by atoms with E-state index in [1.54, 1.807) is 44.2 Å². The highest BCUT2D eigenvalue weighted by Crippen LogP contribution is 2.38. The van der Waals surface area contributed by atoms with Gasteiger partial charge in [-0.25, -0.2) is 9.78 Å². The Bertz CT molecular complexity index is 658. The van der Waals surface area contributed by atoms with Crippen molar-refractivity contribution in [2.45, 2.75) is 32.2 Å². The van der Waals surface area contributed by atoms with Crippen molar-refractivity contribution in [1.29, 1.82) is 0 Å². The highest BCUT2D eigenvalue weighted by molar-refractivity contribution is 7.11. The van der Waals surface area contributed by atoms with Gasteiger partial charge in [0.25, 0.3) is 0 Å². The van der Waals surface area contributed by atoms with Crippen molar-refractivity contribution < 1.29 is 22.7 Å². The number of halogens is 3. The van der Waals surface area contributed by atoms with Crippen LogP contribution in [0, 0.1) is 6.92 Å². The first-order chi connectivity index (χ1) is 10.8. The highest BCUT2D eigenvalue weighted by atomic mass is 32.1. The summed E-state index contributed by atoms with van der Waals surface area (Å²) in [5.41, 5.74) is 0.765. The Morgan fingerprint density at radius 1 is 1.30 bits per heavy atom. The normalized spacial score (nSPS) is 14.1. The Morgan fingerprint density at radius 3 is 2.48 bits per heavy atom. The van der Waals surface area contributed by atoms with Crippen molar-refractivity contribution in [1.82, 2.24) is 10.3 Å². The summed E-state index contributed by atoms with van der Waals surface area (Å²) in [6.07, 6.45) is -7.08. The Labute approximate surface area is 135 Å². The van der Waals surface area contributed by atoms with Gasteiger partial charge in [-0.3, -0.25) is 0 Å². The number of carbonyl (C=O) groups excluding carboxylic acids is 1. The van der Waals surface area contributed by atoms with Crippen LogP contribution in [0.15, 0.2) is 36.5 Å². The van der Waals surface area contributed by atoms with E-state index in [-0.39, 0.29) is 4.88 Å². The first kappa shape index (κ1) is 17.3. The molecule has 0 unspecified atom stereocenters. The number of aryl methyl sites for hydroxylation is 1. The van der Waals surface area contributed by atoms with Gasteiger partial charge >= 0.3 is 12.3 Å². The van der Waals surface area contributed by atoms with Crippen LogP contribution in [0.5, 0.6) is 0 Å². The molecule has 0 aliphatic carbocycles. The van der Waals surface area contributed by atoms with E-state index in [4.69, 9.17) is 0 Å². The molecule has 0 aliphatic rings. The van der Waals surface area contributed by atoms with Crippen LogP contribution < -0.4 is 5.32 Å². The van der Waals surface area contributed by atoms with Crippen LogP contribution in [0.2, 0.25) is 0 Å². The van der Waals surface area contributed by atoms with Gasteiger partial charge in [-0.15, -0.1) is 11.3 Å². The number of nitrogens with one attached hydrogen (secondary N) is 1. The van der Waals surface area contributed by atoms with Crippen molar-refractivity contribution in [3.63, 3.8) is 0 Å². The molecular weight excluding hydrogens is 329 g/mol. The quantitative estimate of drug-likeness (QED) is 0.886. The molecule has 0 radical (unpaired) electrons. The molecule has 0 spiro atoms. The SMILES string of the molecule is Cc1ncc([C@H](OC(=O)N[C@@H](C)c2ccccc2)C(F)(F)F)s1. The number of hydrogen-bond acceptors (Lipinski definition) is 4. The maximum atomic E-state index is 13.1. The van der Waals surface area contributed by atoms with Gasteiger partial charge in [0.1, 0.15) is 0 Å². The molecule has 4 nitrogen and oxygen atoms in total. The fourth-order valence-corrected chi connectivity index (χ4v) is 2.77. The molecule has 124 valence electrons. The second-order valence-corrected chi connectivity index (χ2v) is 6.15. The third-order valence-corrected chi connectivity index (χ3v) is 4.01. The van der Waals surface area contributed by atoms with Gasteiger partial charge in [0.15, 0.2) is 0 Å². The molecule has 0 bridgehead atoms. The maximum Gasteiger partial charge on any atom is 0.430 e. The third-order valence-electron chi connectivity index (χ3n) is 3.05. The van der Waals surface area contributed by atoms with E-state index in [0.717, 1.165) is 23.1 Å². The predicted octanol–water partition coefficient (Wildman–Crippen LogP) is 4.54. The number of hydrogen-bond donors (Lipinski definition) is 1. The number of benzene rings is 1. The maximum absolute atomic E-state index is 13.1. The summed E-state index contributed by atoms with van der Waals surface area (Å²) < 4.78 is 43.9. The number of rotatable bonds is 4. The van der Waals surface area contributed by atoms with Crippen molar-refractivity contribution in [3.8, 4) is 0 Å². The zero-order valence-electron chi connectivity index (χ0n) is 12.4. The number of alkyl carbamates (subject to hydrolysis) is 1. The van der Waals surface area contributed by atoms with E-state index < -0.39 is 24.4 Å². The van der Waals surface area contributed by atoms with Crippen molar-refractivity contribution in [3.05, 3.63) is 52.0 Å². The van der Waals surface area contributed by atoms with E-state index in [9.17, 15) is 18.0 Å². The highest BCUT2D eigenvalue weighted by Gasteiger charge is 2.45. The number of nitrogens with zero attached hydrogens (tertiary/aromatic N) is 1. The zero-order valence-corrected chi connectivity index (χ0v) is 13.2. The molecule has 23 heavy (non-hydrogen) atoms. The van der Waals surface area contributed by atoms with Gasteiger partial charge in [-0.05, 0) is 19.4 Å². The lowest BCUT2D eigenvalue weighted by molar-refractivity contribution is -0.205. The molecule has 8 heteroatoms. The Balaban J connectivity index is 2.06. The van der Waals surface area contributed by atoms with Gasteiger partial charge in [0.05, 0.1) is 15.9 Å². The largest absolute Gasteiger partial charge is 0.431 e. The van der Waals surface area contributed by atoms with Gasteiger partial charge in [0.2, 0.25) is 6.10 Å². The summed E-state index contributed by atoms with van der Waals surface area (Å²) in [6.45, 7) is 3.25. The molecule has 2 aromatic rings. The van der Waals surface area contributed by atoms with E-state index in [1.165, 1.54) is 0 Å². The molecule has 0 aliphatic heterocycles. The summed E-state index contributed by atoms with van der Waals surface area (Å²) in [5, 5.41) is 2.87. The summed E-state index contributed by atoms with van der Waals surface area (Å²) in [6, 6.07) is 8.41. The second-order valence-electron chi connectivity index (χ2n) is 4.89. The van der Waals surface area contributed by atoms with Crippen LogP contribution in [-0.4, -0.2) is 17.3 Å². The summed E-state index contributed by atoms with van der Waals surface area (Å²) in [7, 11) is 0. The number of carbonyl (C=O) groups is 1. The van der Waals surface area contributed by atoms with E-state index in [1.807, 2.05) is 0 Å². The van der Waals surface area contributed by atoms with E-state index in [2.05, 4.69) is 15.0 Å². The van der Waals surface area contributed by atoms with Crippen LogP contribution in [0.25, 0.3) is 0 Å². The summed E-state index contributed by atoms with van der Waals surface area (Å²) in [5.74, 6) is 0. The van der Waals surface area contributed by atoms with Gasteiger partial charge in [-0.2, -0.15) is 13.2 Å². The van der Waals surface area contributed by atoms with E-state index in [0.29, 0.717) is 5.01 Å². The van der Waals surface area contributed by atoms with Gasteiger partial charge in [-0.1, -0.05) is 30.3 Å². The van der Waals surface area contributed by atoms with Crippen LogP contribution in [0.1, 0.15) is 34.5 Å². The van der Waals surface area contributed by atoms with Crippen molar-refractivity contribution >= 4 is 17.4 Å². The molecule has 0 saturated heterocycles. The van der Waals surface area contributed by atoms with E-state index >= 15 is 0 Å². The lowest BCUT2D eigenvalue weighted by Gasteiger charge is -2.21. The van der Waals surface area contributed by atoms with Crippen molar-refractivity contribution in [2.75, 3.05) is 0 Å². The number of alkyl halides is 3. The summed E-state index contributed by atoms with van der Waals surface area (Å²) >= 11 is 0.844. The fraction of sp³-hybridized carbons (Fsp3) is 0.333. The summed E-state index contributed by atoms with van der Waals surface area (Å²) in [4.78, 5) is 15.4. The first-order valence-corrected chi connectivity index (χ1v) is 7.60. The molecule has 2 rings (SSSR count). The standard InChI is InChI=1S/C15H15F3N2O2S/c1-9(11-6-4-3-5-7-11)20-14(21)22-13(15(16,17)18)12-8-19-10(2)23-12/h3-9,13H,1-2H3,(H,20,21)/t9-,13-/m0/s1.